The van der Waals surface area contributed by atoms with E-state index >= 15 is 0 Å². The molecule has 0 amide bonds. The van der Waals surface area contributed by atoms with Crippen molar-refractivity contribution in [1.82, 2.24) is 0 Å². The molecule has 1 rings (SSSR count). The first-order valence-corrected chi connectivity index (χ1v) is 3.85. The molecular formula is C10H8F4. The lowest BCUT2D eigenvalue weighted by atomic mass is 10.0. The highest BCUT2D eigenvalue weighted by atomic mass is 19.4. The standard InChI is InChI=1S/C10H8F4/c1-6(2)9-7(10(12,13)14)4-3-5-8(9)11/h3-5H,1H2,2H3. The second kappa shape index (κ2) is 3.44. The Bertz CT molecular complexity index is 363. The van der Waals surface area contributed by atoms with E-state index in [1.54, 1.807) is 0 Å². The lowest BCUT2D eigenvalue weighted by Gasteiger charge is -2.12. The van der Waals surface area contributed by atoms with E-state index in [-0.39, 0.29) is 5.57 Å². The van der Waals surface area contributed by atoms with Gasteiger partial charge in [0, 0.05) is 5.56 Å². The van der Waals surface area contributed by atoms with E-state index in [1.165, 1.54) is 6.92 Å². The zero-order valence-electron chi connectivity index (χ0n) is 7.45. The third-order valence-electron chi connectivity index (χ3n) is 1.75. The highest BCUT2D eigenvalue weighted by Gasteiger charge is 2.34. The fourth-order valence-corrected chi connectivity index (χ4v) is 1.19. The number of halogens is 4. The van der Waals surface area contributed by atoms with Gasteiger partial charge in [-0.25, -0.2) is 4.39 Å². The Morgan fingerprint density at radius 1 is 1.29 bits per heavy atom. The van der Waals surface area contributed by atoms with Gasteiger partial charge >= 0.3 is 6.18 Å². The molecule has 0 heterocycles. The molecule has 0 unspecified atom stereocenters. The van der Waals surface area contributed by atoms with E-state index in [0.29, 0.717) is 0 Å². The van der Waals surface area contributed by atoms with Gasteiger partial charge in [0.05, 0.1) is 5.56 Å². The summed E-state index contributed by atoms with van der Waals surface area (Å²) in [6, 6.07) is 2.86. The molecule has 0 atom stereocenters. The predicted octanol–water partition coefficient (Wildman–Crippen LogP) is 3.88. The largest absolute Gasteiger partial charge is 0.417 e. The Morgan fingerprint density at radius 3 is 2.21 bits per heavy atom. The summed E-state index contributed by atoms with van der Waals surface area (Å²) in [5, 5.41) is 0. The third kappa shape index (κ3) is 1.95. The zero-order valence-corrected chi connectivity index (χ0v) is 7.45. The van der Waals surface area contributed by atoms with Crippen LogP contribution in [0.5, 0.6) is 0 Å². The molecule has 0 aliphatic rings. The Hall–Kier alpha value is -1.32. The molecular weight excluding hydrogens is 196 g/mol. The maximum Gasteiger partial charge on any atom is 0.417 e. The Labute approximate surface area is 78.9 Å². The van der Waals surface area contributed by atoms with Gasteiger partial charge in [0.15, 0.2) is 0 Å². The average Bonchev–Trinajstić information content (AvgIpc) is 2.01. The molecule has 14 heavy (non-hydrogen) atoms. The van der Waals surface area contributed by atoms with Crippen LogP contribution in [0, 0.1) is 5.82 Å². The van der Waals surface area contributed by atoms with Crippen molar-refractivity contribution in [2.45, 2.75) is 13.1 Å². The average molecular weight is 204 g/mol. The normalized spacial score (nSPS) is 11.5. The molecule has 1 aromatic carbocycles. The molecule has 0 saturated heterocycles. The molecule has 4 heteroatoms. The first-order valence-electron chi connectivity index (χ1n) is 3.85. The highest BCUT2D eigenvalue weighted by Crippen LogP contribution is 2.35. The summed E-state index contributed by atoms with van der Waals surface area (Å²) in [5.74, 6) is -0.896. The topological polar surface area (TPSA) is 0 Å². The van der Waals surface area contributed by atoms with Crippen molar-refractivity contribution in [2.75, 3.05) is 0 Å². The molecule has 0 N–H and O–H groups in total. The third-order valence-corrected chi connectivity index (χ3v) is 1.75. The number of hydrogen-bond acceptors (Lipinski definition) is 0. The van der Waals surface area contributed by atoms with Gasteiger partial charge in [-0.3, -0.25) is 0 Å². The minimum absolute atomic E-state index is 0.0652. The summed E-state index contributed by atoms with van der Waals surface area (Å²) in [6.07, 6.45) is -4.55. The summed E-state index contributed by atoms with van der Waals surface area (Å²) >= 11 is 0. The SMILES string of the molecule is C=C(C)c1c(F)cccc1C(F)(F)F. The van der Waals surface area contributed by atoms with Gasteiger partial charge in [-0.15, -0.1) is 0 Å². The monoisotopic (exact) mass is 204 g/mol. The maximum atomic E-state index is 13.1. The summed E-state index contributed by atoms with van der Waals surface area (Å²) in [4.78, 5) is 0. The Kier molecular flexibility index (Phi) is 2.64. The van der Waals surface area contributed by atoms with Gasteiger partial charge in [-0.2, -0.15) is 13.2 Å². The van der Waals surface area contributed by atoms with Crippen molar-refractivity contribution in [3.8, 4) is 0 Å². The maximum absolute atomic E-state index is 13.1. The van der Waals surface area contributed by atoms with Gasteiger partial charge in [-0.05, 0) is 24.6 Å². The molecule has 0 aliphatic heterocycles. The van der Waals surface area contributed by atoms with E-state index in [0.717, 1.165) is 18.2 Å². The van der Waals surface area contributed by atoms with Crippen LogP contribution < -0.4 is 0 Å². The lowest BCUT2D eigenvalue weighted by molar-refractivity contribution is -0.138. The number of rotatable bonds is 1. The summed E-state index contributed by atoms with van der Waals surface area (Å²) in [6.45, 7) is 4.66. The van der Waals surface area contributed by atoms with Crippen molar-refractivity contribution in [3.05, 3.63) is 41.7 Å². The van der Waals surface area contributed by atoms with Crippen LogP contribution in [-0.2, 0) is 6.18 Å². The predicted molar refractivity (Wildman–Crippen MR) is 46.1 cm³/mol. The van der Waals surface area contributed by atoms with Gasteiger partial charge in [0.2, 0.25) is 0 Å². The van der Waals surface area contributed by atoms with Crippen LogP contribution in [0.2, 0.25) is 0 Å². The van der Waals surface area contributed by atoms with E-state index in [1.807, 2.05) is 0 Å². The second-order valence-corrected chi connectivity index (χ2v) is 2.94. The summed E-state index contributed by atoms with van der Waals surface area (Å²) < 4.78 is 50.2. The zero-order chi connectivity index (χ0) is 10.9. The van der Waals surface area contributed by atoms with Crippen LogP contribution >= 0.6 is 0 Å². The molecule has 0 saturated carbocycles. The molecule has 0 aromatic heterocycles. The molecule has 1 aromatic rings. The van der Waals surface area contributed by atoms with Crippen molar-refractivity contribution in [1.29, 1.82) is 0 Å². The lowest BCUT2D eigenvalue weighted by Crippen LogP contribution is -2.09. The van der Waals surface area contributed by atoms with Crippen LogP contribution in [0.25, 0.3) is 5.57 Å². The molecule has 0 bridgehead atoms. The Morgan fingerprint density at radius 2 is 1.86 bits per heavy atom. The van der Waals surface area contributed by atoms with Crippen LogP contribution in [0.3, 0.4) is 0 Å². The van der Waals surface area contributed by atoms with Crippen LogP contribution in [0.1, 0.15) is 18.1 Å². The molecule has 0 spiro atoms. The summed E-state index contributed by atoms with van der Waals surface area (Å²) in [5.41, 5.74) is -1.37. The van der Waals surface area contributed by atoms with Gasteiger partial charge < -0.3 is 0 Å². The summed E-state index contributed by atoms with van der Waals surface area (Å²) in [7, 11) is 0. The van der Waals surface area contributed by atoms with E-state index in [9.17, 15) is 17.6 Å². The number of allylic oxidation sites excluding steroid dienone is 1. The highest BCUT2D eigenvalue weighted by molar-refractivity contribution is 5.65. The van der Waals surface area contributed by atoms with E-state index < -0.39 is 23.1 Å². The second-order valence-electron chi connectivity index (χ2n) is 2.94. The van der Waals surface area contributed by atoms with Crippen LogP contribution in [0.4, 0.5) is 17.6 Å². The van der Waals surface area contributed by atoms with Gasteiger partial charge in [0.25, 0.3) is 0 Å². The fraction of sp³-hybridized carbons (Fsp3) is 0.200. The minimum atomic E-state index is -4.55. The van der Waals surface area contributed by atoms with E-state index in [4.69, 9.17) is 0 Å². The quantitative estimate of drug-likeness (QED) is 0.609. The molecule has 0 fully saturated rings. The number of alkyl halides is 3. The first-order chi connectivity index (χ1) is 6.34. The fourth-order valence-electron chi connectivity index (χ4n) is 1.19. The van der Waals surface area contributed by atoms with Crippen molar-refractivity contribution >= 4 is 5.57 Å². The van der Waals surface area contributed by atoms with Crippen molar-refractivity contribution in [2.24, 2.45) is 0 Å². The Balaban J connectivity index is 3.44. The van der Waals surface area contributed by atoms with Crippen molar-refractivity contribution in [3.63, 3.8) is 0 Å². The van der Waals surface area contributed by atoms with Crippen LogP contribution in [0.15, 0.2) is 24.8 Å². The smallest absolute Gasteiger partial charge is 0.206 e. The molecule has 0 radical (unpaired) electrons. The van der Waals surface area contributed by atoms with Crippen LogP contribution in [-0.4, -0.2) is 0 Å². The van der Waals surface area contributed by atoms with Crippen molar-refractivity contribution < 1.29 is 17.6 Å². The number of benzene rings is 1. The molecule has 76 valence electrons. The van der Waals surface area contributed by atoms with Gasteiger partial charge in [-0.1, -0.05) is 12.6 Å². The first kappa shape index (κ1) is 10.8. The molecule has 0 nitrogen and oxygen atoms in total. The minimum Gasteiger partial charge on any atom is -0.206 e. The number of hydrogen-bond donors (Lipinski definition) is 0. The van der Waals surface area contributed by atoms with E-state index in [2.05, 4.69) is 6.58 Å². The molecule has 0 aliphatic carbocycles. The van der Waals surface area contributed by atoms with Gasteiger partial charge in [0.1, 0.15) is 5.82 Å².